The van der Waals surface area contributed by atoms with Gasteiger partial charge < -0.3 is 8.92 Å². The molecule has 0 amide bonds. The molecule has 1 aromatic carbocycles. The van der Waals surface area contributed by atoms with Gasteiger partial charge in [-0.15, -0.1) is 0 Å². The zero-order chi connectivity index (χ0) is 17.8. The number of ether oxygens (including phenoxy) is 1. The highest BCUT2D eigenvalue weighted by molar-refractivity contribution is 7.88. The molecule has 1 heterocycles. The predicted molar refractivity (Wildman–Crippen MR) is 83.5 cm³/mol. The van der Waals surface area contributed by atoms with Gasteiger partial charge in [-0.05, 0) is 56.4 Å². The van der Waals surface area contributed by atoms with Crippen molar-refractivity contribution in [3.63, 3.8) is 0 Å². The van der Waals surface area contributed by atoms with E-state index in [4.69, 9.17) is 4.74 Å². The fourth-order valence-corrected chi connectivity index (χ4v) is 2.80. The molecule has 2 rings (SSSR count). The van der Waals surface area contributed by atoms with Crippen molar-refractivity contribution in [1.29, 1.82) is 0 Å². The summed E-state index contributed by atoms with van der Waals surface area (Å²) in [7, 11) is -5.67. The monoisotopic (exact) mass is 364 g/mol. The van der Waals surface area contributed by atoms with Gasteiger partial charge in [0.1, 0.15) is 11.5 Å². The molecule has 0 saturated heterocycles. The van der Waals surface area contributed by atoms with E-state index >= 15 is 0 Å². The van der Waals surface area contributed by atoms with Crippen LogP contribution >= 0.6 is 0 Å². The van der Waals surface area contributed by atoms with Crippen LogP contribution in [0.25, 0.3) is 0 Å². The number of rotatable bonds is 2. The fourth-order valence-electron chi connectivity index (χ4n) is 2.35. The first-order chi connectivity index (χ1) is 11.2. The molecule has 0 atom stereocenters. The van der Waals surface area contributed by atoms with Crippen molar-refractivity contribution in [2.75, 3.05) is 6.61 Å². The Morgan fingerprint density at radius 2 is 1.92 bits per heavy atom. The fraction of sp³-hybridized carbons (Fsp3) is 0.500. The third-order valence-corrected chi connectivity index (χ3v) is 4.65. The van der Waals surface area contributed by atoms with Gasteiger partial charge in [-0.25, -0.2) is 0 Å². The van der Waals surface area contributed by atoms with E-state index in [1.807, 2.05) is 6.92 Å². The normalized spacial score (nSPS) is 19.2. The third kappa shape index (κ3) is 4.90. The molecular weight excluding hydrogens is 345 g/mol. The van der Waals surface area contributed by atoms with E-state index in [1.54, 1.807) is 0 Å². The first kappa shape index (κ1) is 18.6. The van der Waals surface area contributed by atoms with Crippen molar-refractivity contribution < 1.29 is 30.5 Å². The average Bonchev–Trinajstić information content (AvgIpc) is 2.50. The summed E-state index contributed by atoms with van der Waals surface area (Å²) in [6.45, 7) is 2.48. The minimum absolute atomic E-state index is 0.362. The number of fused-ring (bicyclic) bond motifs is 1. The van der Waals surface area contributed by atoms with Crippen LogP contribution in [0.3, 0.4) is 0 Å². The first-order valence-corrected chi connectivity index (χ1v) is 9.02. The number of alkyl halides is 3. The predicted octanol–water partition coefficient (Wildman–Crippen LogP) is 4.36. The second-order valence-electron chi connectivity index (χ2n) is 5.65. The van der Waals surface area contributed by atoms with Gasteiger partial charge in [0.05, 0.1) is 6.61 Å². The molecule has 0 radical (unpaired) electrons. The Morgan fingerprint density at radius 3 is 2.62 bits per heavy atom. The second-order valence-corrected chi connectivity index (χ2v) is 7.19. The molecule has 8 heteroatoms. The molecule has 0 aliphatic carbocycles. The van der Waals surface area contributed by atoms with Crippen molar-refractivity contribution in [3.8, 4) is 11.5 Å². The summed E-state index contributed by atoms with van der Waals surface area (Å²) in [4.78, 5) is 0. The molecule has 134 valence electrons. The lowest BCUT2D eigenvalue weighted by Gasteiger charge is -2.14. The lowest BCUT2D eigenvalue weighted by Crippen LogP contribution is -2.28. The largest absolute Gasteiger partial charge is 0.534 e. The van der Waals surface area contributed by atoms with Gasteiger partial charge in [0.25, 0.3) is 0 Å². The minimum atomic E-state index is -5.67. The van der Waals surface area contributed by atoms with Gasteiger partial charge in [-0.1, -0.05) is 11.6 Å². The van der Waals surface area contributed by atoms with E-state index in [2.05, 4.69) is 10.3 Å². The summed E-state index contributed by atoms with van der Waals surface area (Å²) in [6, 6.07) is 3.93. The van der Waals surface area contributed by atoms with Crippen LogP contribution in [0.2, 0.25) is 0 Å². The Hall–Kier alpha value is -1.70. The number of hydrogen-bond donors (Lipinski definition) is 0. The van der Waals surface area contributed by atoms with Gasteiger partial charge in [-0.3, -0.25) is 0 Å². The van der Waals surface area contributed by atoms with Gasteiger partial charge in [0.15, 0.2) is 0 Å². The van der Waals surface area contributed by atoms with Crippen molar-refractivity contribution >= 4 is 10.1 Å². The number of allylic oxidation sites excluding steroid dienone is 1. The lowest BCUT2D eigenvalue weighted by molar-refractivity contribution is -0.0500. The van der Waals surface area contributed by atoms with E-state index < -0.39 is 15.6 Å². The number of aryl methyl sites for hydroxylation is 1. The van der Waals surface area contributed by atoms with Crippen LogP contribution in [0.5, 0.6) is 11.5 Å². The summed E-state index contributed by atoms with van der Waals surface area (Å²) in [5, 5.41) is 0. The molecule has 0 aromatic heterocycles. The molecule has 24 heavy (non-hydrogen) atoms. The highest BCUT2D eigenvalue weighted by atomic mass is 32.2. The lowest BCUT2D eigenvalue weighted by atomic mass is 10.1. The van der Waals surface area contributed by atoms with Gasteiger partial charge in [0.2, 0.25) is 0 Å². The van der Waals surface area contributed by atoms with Crippen LogP contribution in [-0.2, 0) is 16.5 Å². The third-order valence-electron chi connectivity index (χ3n) is 3.67. The van der Waals surface area contributed by atoms with Crippen LogP contribution in [0.1, 0.15) is 38.2 Å². The smallest absolute Gasteiger partial charge is 0.493 e. The number of hydrogen-bond acceptors (Lipinski definition) is 4. The van der Waals surface area contributed by atoms with Gasteiger partial charge >= 0.3 is 15.6 Å². The minimum Gasteiger partial charge on any atom is -0.493 e. The Bertz CT molecular complexity index is 709. The van der Waals surface area contributed by atoms with Crippen LogP contribution in [-0.4, -0.2) is 20.5 Å². The Labute approximate surface area is 139 Å². The summed E-state index contributed by atoms with van der Waals surface area (Å²) < 4.78 is 69.3. The van der Waals surface area contributed by atoms with Crippen molar-refractivity contribution in [2.24, 2.45) is 0 Å². The zero-order valence-electron chi connectivity index (χ0n) is 13.2. The average molecular weight is 364 g/mol. The van der Waals surface area contributed by atoms with Crippen LogP contribution in [0.4, 0.5) is 13.2 Å². The molecule has 0 spiro atoms. The Kier molecular flexibility index (Phi) is 5.79. The van der Waals surface area contributed by atoms with Crippen molar-refractivity contribution in [3.05, 3.63) is 35.4 Å². The summed E-state index contributed by atoms with van der Waals surface area (Å²) in [6.07, 6.45) is 6.17. The molecule has 1 aliphatic heterocycles. The molecule has 0 saturated carbocycles. The Morgan fingerprint density at radius 1 is 1.17 bits per heavy atom. The van der Waals surface area contributed by atoms with Gasteiger partial charge in [0, 0.05) is 6.42 Å². The molecule has 1 aliphatic rings. The summed E-state index contributed by atoms with van der Waals surface area (Å²) in [5.41, 5.74) is -3.58. The molecule has 0 fully saturated rings. The molecule has 0 N–H and O–H groups in total. The number of halogens is 3. The quantitative estimate of drug-likeness (QED) is 0.445. The maximum absolute atomic E-state index is 12.4. The van der Waals surface area contributed by atoms with Gasteiger partial charge in [-0.2, -0.15) is 21.6 Å². The standard InChI is InChI=1S/C16H19F3O4S/c1-12-5-3-2-4-6-13-11-14(7-8-15(13)22-10-9-12)23-24(20,21)16(17,18)19/h5,7-8,11H,2-4,6,9-10H2,1H3/b12-5-. The van der Waals surface area contributed by atoms with E-state index in [-0.39, 0.29) is 5.75 Å². The van der Waals surface area contributed by atoms with E-state index in [9.17, 15) is 21.6 Å². The first-order valence-electron chi connectivity index (χ1n) is 7.61. The van der Waals surface area contributed by atoms with Crippen LogP contribution in [0.15, 0.2) is 29.8 Å². The molecular formula is C16H19F3O4S. The molecule has 4 nitrogen and oxygen atoms in total. The van der Waals surface area contributed by atoms with E-state index in [0.29, 0.717) is 24.3 Å². The van der Waals surface area contributed by atoms with Crippen molar-refractivity contribution in [2.45, 2.75) is 44.5 Å². The molecule has 0 unspecified atom stereocenters. The zero-order valence-corrected chi connectivity index (χ0v) is 14.0. The SMILES string of the molecule is C/C1=C/CCCCc2cc(OS(=O)(=O)C(F)(F)F)ccc2OCC1. The van der Waals surface area contributed by atoms with Crippen LogP contribution < -0.4 is 8.92 Å². The molecule has 1 aromatic rings. The second kappa shape index (κ2) is 7.46. The maximum atomic E-state index is 12.4. The molecule has 0 bridgehead atoms. The highest BCUT2D eigenvalue weighted by Crippen LogP contribution is 2.31. The van der Waals surface area contributed by atoms with Crippen molar-refractivity contribution in [1.82, 2.24) is 0 Å². The summed E-state index contributed by atoms with van der Waals surface area (Å²) in [5.74, 6) is 0.181. The van der Waals surface area contributed by atoms with E-state index in [1.165, 1.54) is 23.8 Å². The maximum Gasteiger partial charge on any atom is 0.534 e. The topological polar surface area (TPSA) is 52.6 Å². The van der Waals surface area contributed by atoms with E-state index in [0.717, 1.165) is 25.7 Å². The van der Waals surface area contributed by atoms with Crippen LogP contribution in [0, 0.1) is 0 Å². The number of benzene rings is 1. The Balaban J connectivity index is 2.21. The highest BCUT2D eigenvalue weighted by Gasteiger charge is 2.48. The summed E-state index contributed by atoms with van der Waals surface area (Å²) >= 11 is 0.